The van der Waals surface area contributed by atoms with E-state index in [9.17, 15) is 13.9 Å². The van der Waals surface area contributed by atoms with Crippen LogP contribution < -0.4 is 4.74 Å². The third-order valence-electron chi connectivity index (χ3n) is 2.67. The lowest BCUT2D eigenvalue weighted by atomic mass is 10.1. The Morgan fingerprint density at radius 2 is 1.79 bits per heavy atom. The molecule has 2 aromatic carbocycles. The van der Waals surface area contributed by atoms with Crippen molar-refractivity contribution < 1.29 is 18.6 Å². The van der Waals surface area contributed by atoms with E-state index in [0.29, 0.717) is 11.3 Å². The monoisotopic (exact) mass is 264 g/mol. The van der Waals surface area contributed by atoms with Gasteiger partial charge in [0.15, 0.2) is 0 Å². The van der Waals surface area contributed by atoms with Crippen LogP contribution in [-0.2, 0) is 6.61 Å². The van der Waals surface area contributed by atoms with Gasteiger partial charge in [-0.2, -0.15) is 0 Å². The van der Waals surface area contributed by atoms with Crippen molar-refractivity contribution in [3.05, 3.63) is 65.2 Å². The van der Waals surface area contributed by atoms with Gasteiger partial charge >= 0.3 is 0 Å². The number of halogens is 2. The van der Waals surface area contributed by atoms with Gasteiger partial charge in [-0.05, 0) is 42.3 Å². The molecule has 0 spiro atoms. The van der Waals surface area contributed by atoms with Gasteiger partial charge in [0.2, 0.25) is 0 Å². The van der Waals surface area contributed by atoms with Crippen LogP contribution in [0.2, 0.25) is 0 Å². The van der Waals surface area contributed by atoms with Crippen LogP contribution in [0.1, 0.15) is 24.2 Å². The fraction of sp³-hybridized carbons (Fsp3) is 0.200. The first-order valence-corrected chi connectivity index (χ1v) is 5.90. The molecule has 19 heavy (non-hydrogen) atoms. The normalized spacial score (nSPS) is 12.2. The molecule has 0 saturated carbocycles. The highest BCUT2D eigenvalue weighted by molar-refractivity contribution is 5.30. The molecule has 100 valence electrons. The zero-order chi connectivity index (χ0) is 13.8. The molecule has 2 nitrogen and oxygen atoms in total. The molecule has 0 amide bonds. The van der Waals surface area contributed by atoms with E-state index in [1.54, 1.807) is 31.2 Å². The predicted octanol–water partition coefficient (Wildman–Crippen LogP) is 3.60. The minimum Gasteiger partial charge on any atom is -0.489 e. The lowest BCUT2D eigenvalue weighted by Crippen LogP contribution is -1.98. The van der Waals surface area contributed by atoms with Gasteiger partial charge < -0.3 is 9.84 Å². The standard InChI is InChI=1S/C15H14F2O2/c1-10(18)12-3-2-4-15(7-12)19-9-11-5-13(16)8-14(17)6-11/h2-8,10,18H,9H2,1H3/t10-/m0/s1. The summed E-state index contributed by atoms with van der Waals surface area (Å²) in [6, 6.07) is 10.2. The SMILES string of the molecule is C[C@H](O)c1cccc(OCc2cc(F)cc(F)c2)c1. The van der Waals surface area contributed by atoms with Crippen LogP contribution in [-0.4, -0.2) is 5.11 Å². The summed E-state index contributed by atoms with van der Waals surface area (Å²) in [6.07, 6.45) is -0.588. The molecule has 0 aromatic heterocycles. The Balaban J connectivity index is 2.07. The molecule has 0 aliphatic carbocycles. The number of rotatable bonds is 4. The van der Waals surface area contributed by atoms with Gasteiger partial charge in [0.05, 0.1) is 6.10 Å². The van der Waals surface area contributed by atoms with E-state index in [-0.39, 0.29) is 6.61 Å². The van der Waals surface area contributed by atoms with Crippen molar-refractivity contribution in [1.82, 2.24) is 0 Å². The highest BCUT2D eigenvalue weighted by Gasteiger charge is 2.04. The van der Waals surface area contributed by atoms with Gasteiger partial charge in [-0.1, -0.05) is 12.1 Å². The lowest BCUT2D eigenvalue weighted by molar-refractivity contribution is 0.198. The molecular formula is C15H14F2O2. The van der Waals surface area contributed by atoms with Crippen molar-refractivity contribution in [1.29, 1.82) is 0 Å². The molecule has 0 heterocycles. The number of aliphatic hydroxyl groups excluding tert-OH is 1. The minimum absolute atomic E-state index is 0.0674. The third kappa shape index (κ3) is 3.76. The smallest absolute Gasteiger partial charge is 0.126 e. The topological polar surface area (TPSA) is 29.5 Å². The first kappa shape index (κ1) is 13.5. The highest BCUT2D eigenvalue weighted by Crippen LogP contribution is 2.20. The van der Waals surface area contributed by atoms with E-state index >= 15 is 0 Å². The van der Waals surface area contributed by atoms with Crippen LogP contribution in [0.15, 0.2) is 42.5 Å². The second-order valence-electron chi connectivity index (χ2n) is 4.31. The fourth-order valence-electron chi connectivity index (χ4n) is 1.73. The molecule has 0 saturated heterocycles. The molecule has 0 unspecified atom stereocenters. The summed E-state index contributed by atoms with van der Waals surface area (Å²) in [5, 5.41) is 9.45. The predicted molar refractivity (Wildman–Crippen MR) is 67.8 cm³/mol. The average molecular weight is 264 g/mol. The molecule has 0 radical (unpaired) electrons. The Hall–Kier alpha value is -1.94. The van der Waals surface area contributed by atoms with E-state index in [1.165, 1.54) is 12.1 Å². The first-order chi connectivity index (χ1) is 9.04. The minimum atomic E-state index is -0.628. The van der Waals surface area contributed by atoms with Gasteiger partial charge in [-0.3, -0.25) is 0 Å². The Morgan fingerprint density at radius 1 is 1.11 bits per heavy atom. The van der Waals surface area contributed by atoms with E-state index in [2.05, 4.69) is 0 Å². The quantitative estimate of drug-likeness (QED) is 0.914. The summed E-state index contributed by atoms with van der Waals surface area (Å²) in [7, 11) is 0. The van der Waals surface area contributed by atoms with Gasteiger partial charge in [0.1, 0.15) is 24.0 Å². The molecule has 1 N–H and O–H groups in total. The second kappa shape index (κ2) is 5.80. The molecule has 2 aromatic rings. The van der Waals surface area contributed by atoms with Gasteiger partial charge in [-0.25, -0.2) is 8.78 Å². The summed E-state index contributed by atoms with van der Waals surface area (Å²) in [6.45, 7) is 1.72. The number of hydrogen-bond donors (Lipinski definition) is 1. The zero-order valence-electron chi connectivity index (χ0n) is 10.4. The molecule has 0 aliphatic heterocycles. The molecule has 0 aliphatic rings. The Kier molecular flexibility index (Phi) is 4.12. The summed E-state index contributed by atoms with van der Waals surface area (Å²) >= 11 is 0. The Morgan fingerprint density at radius 3 is 2.42 bits per heavy atom. The van der Waals surface area contributed by atoms with Crippen molar-refractivity contribution in [3.8, 4) is 5.75 Å². The summed E-state index contributed by atoms with van der Waals surface area (Å²) in [5.74, 6) is -0.712. The Labute approximate surface area is 110 Å². The summed E-state index contributed by atoms with van der Waals surface area (Å²) in [5.41, 5.74) is 1.14. The van der Waals surface area contributed by atoms with Gasteiger partial charge in [0.25, 0.3) is 0 Å². The third-order valence-corrected chi connectivity index (χ3v) is 2.67. The van der Waals surface area contributed by atoms with Gasteiger partial charge in [-0.15, -0.1) is 0 Å². The van der Waals surface area contributed by atoms with E-state index in [1.807, 2.05) is 0 Å². The first-order valence-electron chi connectivity index (χ1n) is 5.90. The van der Waals surface area contributed by atoms with Crippen LogP contribution >= 0.6 is 0 Å². The van der Waals surface area contributed by atoms with E-state index < -0.39 is 17.7 Å². The van der Waals surface area contributed by atoms with Crippen LogP contribution in [0.5, 0.6) is 5.75 Å². The van der Waals surface area contributed by atoms with Crippen molar-refractivity contribution in [2.75, 3.05) is 0 Å². The van der Waals surface area contributed by atoms with E-state index in [4.69, 9.17) is 4.74 Å². The molecule has 1 atom stereocenters. The number of aliphatic hydroxyl groups is 1. The lowest BCUT2D eigenvalue weighted by Gasteiger charge is -2.09. The van der Waals surface area contributed by atoms with Crippen LogP contribution in [0.3, 0.4) is 0 Å². The maximum atomic E-state index is 13.0. The number of hydrogen-bond acceptors (Lipinski definition) is 2. The van der Waals surface area contributed by atoms with Crippen molar-refractivity contribution in [2.24, 2.45) is 0 Å². The zero-order valence-corrected chi connectivity index (χ0v) is 10.4. The highest BCUT2D eigenvalue weighted by atomic mass is 19.1. The summed E-state index contributed by atoms with van der Waals surface area (Å²) in [4.78, 5) is 0. The van der Waals surface area contributed by atoms with Crippen molar-refractivity contribution in [3.63, 3.8) is 0 Å². The molecule has 0 bridgehead atoms. The molecular weight excluding hydrogens is 250 g/mol. The Bertz CT molecular complexity index is 548. The van der Waals surface area contributed by atoms with Crippen LogP contribution in [0.25, 0.3) is 0 Å². The number of ether oxygens (including phenoxy) is 1. The molecule has 2 rings (SSSR count). The largest absolute Gasteiger partial charge is 0.489 e. The average Bonchev–Trinajstić information content (AvgIpc) is 2.35. The molecule has 0 fully saturated rings. The van der Waals surface area contributed by atoms with Crippen LogP contribution in [0.4, 0.5) is 8.78 Å². The maximum Gasteiger partial charge on any atom is 0.126 e. The van der Waals surface area contributed by atoms with Crippen molar-refractivity contribution >= 4 is 0 Å². The van der Waals surface area contributed by atoms with Crippen LogP contribution in [0, 0.1) is 11.6 Å². The van der Waals surface area contributed by atoms with Gasteiger partial charge in [0, 0.05) is 6.07 Å². The molecule has 4 heteroatoms. The van der Waals surface area contributed by atoms with Crippen molar-refractivity contribution in [2.45, 2.75) is 19.6 Å². The van der Waals surface area contributed by atoms with E-state index in [0.717, 1.165) is 11.6 Å². The fourth-order valence-corrected chi connectivity index (χ4v) is 1.73. The maximum absolute atomic E-state index is 13.0. The second-order valence-corrected chi connectivity index (χ2v) is 4.31. The number of benzene rings is 2. The summed E-state index contributed by atoms with van der Waals surface area (Å²) < 4.78 is 31.4.